The van der Waals surface area contributed by atoms with Crippen LogP contribution < -0.4 is 5.56 Å². The van der Waals surface area contributed by atoms with Gasteiger partial charge in [0.2, 0.25) is 0 Å². The predicted molar refractivity (Wildman–Crippen MR) is 89.0 cm³/mol. The van der Waals surface area contributed by atoms with Crippen molar-refractivity contribution in [3.8, 4) is 0 Å². The molecule has 0 unspecified atom stereocenters. The van der Waals surface area contributed by atoms with E-state index in [1.807, 2.05) is 12.1 Å². The van der Waals surface area contributed by atoms with E-state index in [4.69, 9.17) is 9.15 Å². The summed E-state index contributed by atoms with van der Waals surface area (Å²) in [6.45, 7) is 0.681. The number of para-hydroxylation sites is 1. The molecule has 0 spiro atoms. The van der Waals surface area contributed by atoms with Gasteiger partial charge in [0.05, 0.1) is 30.3 Å². The molecule has 122 valence electrons. The number of hydrogen-bond donors (Lipinski definition) is 0. The zero-order chi connectivity index (χ0) is 16.5. The largest absolute Gasteiger partial charge is 0.467 e. The summed E-state index contributed by atoms with van der Waals surface area (Å²) < 4.78 is 11.9. The Hall–Kier alpha value is -2.54. The van der Waals surface area contributed by atoms with Crippen molar-refractivity contribution in [1.29, 1.82) is 0 Å². The van der Waals surface area contributed by atoms with Gasteiger partial charge in [-0.25, -0.2) is 4.98 Å². The average molecular weight is 342 g/mol. The number of esters is 1. The molecule has 3 heterocycles. The number of carbonyl (C=O) groups excluding carboxylic acids is 1. The minimum absolute atomic E-state index is 0.147. The summed E-state index contributed by atoms with van der Waals surface area (Å²) in [7, 11) is 0. The highest BCUT2D eigenvalue weighted by Crippen LogP contribution is 2.29. The molecule has 4 rings (SSSR count). The van der Waals surface area contributed by atoms with Crippen LogP contribution in [0.4, 0.5) is 0 Å². The fraction of sp³-hybridized carbons (Fsp3) is 0.235. The molecule has 1 aromatic carbocycles. The number of carbonyl (C=O) groups is 1. The van der Waals surface area contributed by atoms with Crippen LogP contribution in [0.3, 0.4) is 0 Å². The maximum absolute atomic E-state index is 12.9. The molecule has 7 heteroatoms. The summed E-state index contributed by atoms with van der Waals surface area (Å²) in [5.74, 6) is 0.400. The first kappa shape index (κ1) is 15.0. The number of cyclic esters (lactones) is 1. The summed E-state index contributed by atoms with van der Waals surface area (Å²) >= 11 is 1.27. The van der Waals surface area contributed by atoms with Gasteiger partial charge in [-0.05, 0) is 24.3 Å². The number of nitrogens with zero attached hydrogens (tertiary/aromatic N) is 2. The van der Waals surface area contributed by atoms with Crippen molar-refractivity contribution in [2.24, 2.45) is 0 Å². The Morgan fingerprint density at radius 3 is 2.83 bits per heavy atom. The van der Waals surface area contributed by atoms with Crippen molar-refractivity contribution in [3.63, 3.8) is 0 Å². The monoisotopic (exact) mass is 342 g/mol. The zero-order valence-corrected chi connectivity index (χ0v) is 13.5. The molecule has 2 aromatic heterocycles. The third kappa shape index (κ3) is 2.71. The maximum atomic E-state index is 12.9. The molecule has 0 amide bonds. The van der Waals surface area contributed by atoms with Gasteiger partial charge < -0.3 is 9.15 Å². The molecule has 1 atom stereocenters. The van der Waals surface area contributed by atoms with Gasteiger partial charge in [0.1, 0.15) is 11.0 Å². The normalized spacial score (nSPS) is 17.3. The molecule has 0 radical (unpaired) electrons. The third-order valence-electron chi connectivity index (χ3n) is 3.86. The summed E-state index contributed by atoms with van der Waals surface area (Å²) in [6.07, 6.45) is 2.18. The smallest absolute Gasteiger partial charge is 0.319 e. The molecule has 1 fully saturated rings. The van der Waals surface area contributed by atoms with Gasteiger partial charge in [0, 0.05) is 6.42 Å². The van der Waals surface area contributed by atoms with Gasteiger partial charge in [-0.3, -0.25) is 14.2 Å². The van der Waals surface area contributed by atoms with Gasteiger partial charge in [0.25, 0.3) is 5.56 Å². The fourth-order valence-corrected chi connectivity index (χ4v) is 3.71. The summed E-state index contributed by atoms with van der Waals surface area (Å²) in [5.41, 5.74) is 0.470. The number of aromatic nitrogens is 2. The van der Waals surface area contributed by atoms with E-state index in [0.29, 0.717) is 34.8 Å². The van der Waals surface area contributed by atoms with E-state index < -0.39 is 0 Å². The fourth-order valence-electron chi connectivity index (χ4n) is 2.65. The molecule has 24 heavy (non-hydrogen) atoms. The first-order chi connectivity index (χ1) is 11.7. The summed E-state index contributed by atoms with van der Waals surface area (Å²) in [6, 6.07) is 10.8. The predicted octanol–water partition coefficient (Wildman–Crippen LogP) is 2.45. The van der Waals surface area contributed by atoms with Gasteiger partial charge in [-0.2, -0.15) is 0 Å². The Balaban J connectivity index is 1.82. The van der Waals surface area contributed by atoms with Crippen LogP contribution in [0, 0.1) is 0 Å². The highest BCUT2D eigenvalue weighted by atomic mass is 32.2. The molecular weight excluding hydrogens is 328 g/mol. The molecule has 1 aliphatic rings. The Kier molecular flexibility index (Phi) is 3.86. The quantitative estimate of drug-likeness (QED) is 0.535. The lowest BCUT2D eigenvalue weighted by molar-refractivity contribution is -0.137. The van der Waals surface area contributed by atoms with Crippen molar-refractivity contribution in [2.75, 3.05) is 6.61 Å². The van der Waals surface area contributed by atoms with Crippen molar-refractivity contribution < 1.29 is 13.9 Å². The summed E-state index contributed by atoms with van der Waals surface area (Å²) in [5, 5.41) is 0.710. The van der Waals surface area contributed by atoms with Crippen LogP contribution in [0.5, 0.6) is 0 Å². The van der Waals surface area contributed by atoms with E-state index in [2.05, 4.69) is 4.98 Å². The Bertz CT molecular complexity index is 949. The minimum atomic E-state index is -0.332. The Morgan fingerprint density at radius 1 is 1.21 bits per heavy atom. The lowest BCUT2D eigenvalue weighted by atomic mass is 10.2. The molecule has 6 nitrogen and oxygen atoms in total. The van der Waals surface area contributed by atoms with Crippen molar-refractivity contribution in [1.82, 2.24) is 9.55 Å². The van der Waals surface area contributed by atoms with Crippen molar-refractivity contribution in [2.45, 2.75) is 23.4 Å². The van der Waals surface area contributed by atoms with Crippen LogP contribution in [0.2, 0.25) is 0 Å². The number of ether oxygens (including phenoxy) is 1. The van der Waals surface area contributed by atoms with Gasteiger partial charge in [-0.1, -0.05) is 23.9 Å². The van der Waals surface area contributed by atoms with Crippen LogP contribution >= 0.6 is 11.8 Å². The van der Waals surface area contributed by atoms with E-state index in [1.165, 1.54) is 11.8 Å². The summed E-state index contributed by atoms with van der Waals surface area (Å²) in [4.78, 5) is 29.3. The van der Waals surface area contributed by atoms with Crippen molar-refractivity contribution >= 4 is 28.6 Å². The number of thioether (sulfide) groups is 1. The number of fused-ring (bicyclic) bond motifs is 1. The highest BCUT2D eigenvalue weighted by molar-refractivity contribution is 8.00. The minimum Gasteiger partial charge on any atom is -0.467 e. The third-order valence-corrected chi connectivity index (χ3v) is 5.09. The Labute approximate surface area is 141 Å². The molecular formula is C17H14N2O4S. The van der Waals surface area contributed by atoms with Crippen LogP contribution in [-0.2, 0) is 16.1 Å². The zero-order valence-electron chi connectivity index (χ0n) is 12.7. The molecule has 0 saturated carbocycles. The topological polar surface area (TPSA) is 74.3 Å². The second-order valence-electron chi connectivity index (χ2n) is 5.44. The molecule has 0 N–H and O–H groups in total. The van der Waals surface area contributed by atoms with E-state index in [9.17, 15) is 9.59 Å². The van der Waals surface area contributed by atoms with Gasteiger partial charge >= 0.3 is 5.97 Å². The van der Waals surface area contributed by atoms with Crippen LogP contribution in [0.15, 0.2) is 57.0 Å². The number of hydrogen-bond acceptors (Lipinski definition) is 6. The maximum Gasteiger partial charge on any atom is 0.319 e. The van der Waals surface area contributed by atoms with Crippen LogP contribution in [-0.4, -0.2) is 27.4 Å². The second-order valence-corrected chi connectivity index (χ2v) is 6.61. The van der Waals surface area contributed by atoms with Crippen LogP contribution in [0.1, 0.15) is 12.2 Å². The molecule has 0 bridgehead atoms. The van der Waals surface area contributed by atoms with Gasteiger partial charge in [0.15, 0.2) is 5.16 Å². The lowest BCUT2D eigenvalue weighted by Crippen LogP contribution is -2.25. The first-order valence-corrected chi connectivity index (χ1v) is 8.45. The number of benzene rings is 1. The van der Waals surface area contributed by atoms with E-state index in [-0.39, 0.29) is 23.3 Å². The molecule has 0 aliphatic carbocycles. The SMILES string of the molecule is O=C1OCC[C@H]1Sc1nc2ccccc2c(=O)n1Cc1ccco1. The first-order valence-electron chi connectivity index (χ1n) is 7.57. The number of furan rings is 1. The standard InChI is InChI=1S/C17H14N2O4S/c20-15-12-5-1-2-6-13(12)18-17(24-14-7-9-23-16(14)21)19(15)10-11-4-3-8-22-11/h1-6,8,14H,7,9-10H2/t14-/m1/s1. The Morgan fingerprint density at radius 2 is 2.08 bits per heavy atom. The lowest BCUT2D eigenvalue weighted by Gasteiger charge is -2.13. The second kappa shape index (κ2) is 6.16. The molecule has 1 saturated heterocycles. The van der Waals surface area contributed by atoms with E-state index >= 15 is 0 Å². The van der Waals surface area contributed by atoms with E-state index in [0.717, 1.165) is 0 Å². The molecule has 3 aromatic rings. The molecule has 1 aliphatic heterocycles. The van der Waals surface area contributed by atoms with Crippen LogP contribution in [0.25, 0.3) is 10.9 Å². The number of rotatable bonds is 4. The van der Waals surface area contributed by atoms with E-state index in [1.54, 1.807) is 35.1 Å². The highest BCUT2D eigenvalue weighted by Gasteiger charge is 2.29. The van der Waals surface area contributed by atoms with Gasteiger partial charge in [-0.15, -0.1) is 0 Å². The average Bonchev–Trinajstić information content (AvgIpc) is 3.23. The van der Waals surface area contributed by atoms with Crippen molar-refractivity contribution in [3.05, 3.63) is 58.8 Å².